The van der Waals surface area contributed by atoms with Gasteiger partial charge in [-0.1, -0.05) is 0 Å². The van der Waals surface area contributed by atoms with Crippen LogP contribution in [0, 0.1) is 0 Å². The maximum Gasteiger partial charge on any atom is 0.274 e. The normalized spacial score (nSPS) is 23.8. The second-order valence-electron chi connectivity index (χ2n) is 9.44. The van der Waals surface area contributed by atoms with E-state index in [1.54, 1.807) is 42.5 Å². The maximum atomic E-state index is 13.4. The molecule has 0 aliphatic heterocycles. The van der Waals surface area contributed by atoms with Gasteiger partial charge in [-0.2, -0.15) is 9.61 Å². The summed E-state index contributed by atoms with van der Waals surface area (Å²) >= 11 is 0. The third-order valence-electron chi connectivity index (χ3n) is 7.37. The predicted molar refractivity (Wildman–Crippen MR) is 136 cm³/mol. The van der Waals surface area contributed by atoms with E-state index < -0.39 is 0 Å². The number of nitrogens with one attached hydrogen (secondary N) is 3. The summed E-state index contributed by atoms with van der Waals surface area (Å²) in [5.74, 6) is 0.815. The van der Waals surface area contributed by atoms with E-state index in [1.807, 2.05) is 12.3 Å². The summed E-state index contributed by atoms with van der Waals surface area (Å²) in [6.07, 6.45) is 9.12. The second-order valence-corrected chi connectivity index (χ2v) is 9.44. The van der Waals surface area contributed by atoms with E-state index in [9.17, 15) is 9.59 Å². The van der Waals surface area contributed by atoms with Crippen molar-refractivity contribution in [1.82, 2.24) is 24.5 Å². The average Bonchev–Trinajstić information content (AvgIpc) is 3.31. The van der Waals surface area contributed by atoms with E-state index in [0.29, 0.717) is 28.5 Å². The van der Waals surface area contributed by atoms with Crippen LogP contribution >= 0.6 is 0 Å². The smallest absolute Gasteiger partial charge is 0.274 e. The fourth-order valence-electron chi connectivity index (χ4n) is 5.15. The minimum Gasteiger partial charge on any atom is -0.381 e. The lowest BCUT2D eigenvalue weighted by molar-refractivity contribution is 0.00732. The van der Waals surface area contributed by atoms with Gasteiger partial charge < -0.3 is 30.0 Å². The molecular formula is C25H33N7O4. The molecule has 2 aliphatic rings. The number of hydrogen-bond acceptors (Lipinski definition) is 8. The first-order chi connectivity index (χ1) is 17.5. The quantitative estimate of drug-likeness (QED) is 0.436. The van der Waals surface area contributed by atoms with Crippen molar-refractivity contribution >= 4 is 28.9 Å². The fourth-order valence-corrected chi connectivity index (χ4v) is 5.15. The number of pyridine rings is 1. The maximum absolute atomic E-state index is 13.4. The molecule has 11 nitrogen and oxygen atoms in total. The van der Waals surface area contributed by atoms with Crippen LogP contribution < -0.4 is 21.5 Å². The molecule has 192 valence electrons. The molecule has 3 aromatic heterocycles. The fraction of sp³-hybridized carbons (Fsp3) is 0.520. The van der Waals surface area contributed by atoms with Gasteiger partial charge >= 0.3 is 0 Å². The van der Waals surface area contributed by atoms with Crippen LogP contribution in [0.15, 0.2) is 35.4 Å². The molecule has 0 spiro atoms. The average molecular weight is 496 g/mol. The van der Waals surface area contributed by atoms with Crippen molar-refractivity contribution in [1.29, 1.82) is 0 Å². The first-order valence-electron chi connectivity index (χ1n) is 12.4. The number of methoxy groups -OCH3 is 2. The van der Waals surface area contributed by atoms with Crippen LogP contribution in [0.4, 0.5) is 17.3 Å². The molecule has 0 aromatic carbocycles. The first-order valence-corrected chi connectivity index (χ1v) is 12.4. The third kappa shape index (κ3) is 4.56. The van der Waals surface area contributed by atoms with Crippen LogP contribution in [-0.4, -0.2) is 64.6 Å². The summed E-state index contributed by atoms with van der Waals surface area (Å²) in [6, 6.07) is 5.43. The molecule has 2 saturated carbocycles. The van der Waals surface area contributed by atoms with Crippen LogP contribution in [0.1, 0.15) is 54.9 Å². The lowest BCUT2D eigenvalue weighted by atomic mass is 9.89. The Morgan fingerprint density at radius 3 is 2.75 bits per heavy atom. The number of carbonyl (C=O) groups excluding carboxylic acids is 1. The van der Waals surface area contributed by atoms with Crippen LogP contribution in [0.25, 0.3) is 5.65 Å². The molecule has 0 radical (unpaired) electrons. The lowest BCUT2D eigenvalue weighted by Gasteiger charge is -2.35. The van der Waals surface area contributed by atoms with Gasteiger partial charge in [0.2, 0.25) is 0 Å². The number of amides is 1. The minimum absolute atomic E-state index is 0.0252. The molecule has 11 heteroatoms. The number of rotatable bonds is 8. The molecule has 0 unspecified atom stereocenters. The zero-order chi connectivity index (χ0) is 25.2. The van der Waals surface area contributed by atoms with Gasteiger partial charge in [-0.15, -0.1) is 0 Å². The number of fused-ring (bicyclic) bond motifs is 1. The summed E-state index contributed by atoms with van der Waals surface area (Å²) in [7, 11) is 5.14. The monoisotopic (exact) mass is 495 g/mol. The molecule has 0 saturated heterocycles. The topological polar surface area (TPSA) is 124 Å². The van der Waals surface area contributed by atoms with Crippen LogP contribution in [0.5, 0.6) is 0 Å². The Kier molecular flexibility index (Phi) is 6.92. The SMILES string of the molecule is CNc1cc(Nc2cccn([C@@H]3CCC[C@@H](OC)C3)c2=O)nc2c(C(=O)N[C@@H]3CC[C@H]3OC)cnn12. The molecule has 1 amide bonds. The number of carbonyl (C=O) groups is 1. The third-order valence-corrected chi connectivity index (χ3v) is 7.37. The summed E-state index contributed by atoms with van der Waals surface area (Å²) in [5, 5.41) is 13.6. The molecule has 0 bridgehead atoms. The molecule has 3 N–H and O–H groups in total. The summed E-state index contributed by atoms with van der Waals surface area (Å²) in [6.45, 7) is 0. The molecule has 3 heterocycles. The number of aromatic nitrogens is 4. The Labute approximate surface area is 209 Å². The first kappa shape index (κ1) is 24.3. The van der Waals surface area contributed by atoms with Gasteiger partial charge in [-0.25, -0.2) is 4.98 Å². The van der Waals surface area contributed by atoms with Crippen molar-refractivity contribution in [3.8, 4) is 0 Å². The van der Waals surface area contributed by atoms with Crippen molar-refractivity contribution in [2.45, 2.75) is 62.8 Å². The zero-order valence-corrected chi connectivity index (χ0v) is 20.9. The van der Waals surface area contributed by atoms with Crippen LogP contribution in [-0.2, 0) is 9.47 Å². The van der Waals surface area contributed by atoms with Crippen molar-refractivity contribution in [3.63, 3.8) is 0 Å². The standard InChI is InChI=1S/C25H33N7O4/c1-26-22-13-21(28-19-8-5-11-31(25(19)34)15-6-4-7-16(12-15)35-2)30-23-17(14-27-32(22)23)24(33)29-18-9-10-20(18)36-3/h5,8,11,13-16,18,20,26H,4,6-7,9-10,12H2,1-3H3,(H,28,30)(H,29,33)/t15-,16-,18-,20-/m1/s1. The highest BCUT2D eigenvalue weighted by Gasteiger charge is 2.33. The van der Waals surface area contributed by atoms with Gasteiger partial charge in [0.15, 0.2) is 5.65 Å². The molecule has 2 fully saturated rings. The highest BCUT2D eigenvalue weighted by molar-refractivity contribution is 6.00. The molecule has 2 aliphatic carbocycles. The van der Waals surface area contributed by atoms with E-state index in [0.717, 1.165) is 38.5 Å². The van der Waals surface area contributed by atoms with Gasteiger partial charge in [-0.3, -0.25) is 9.59 Å². The highest BCUT2D eigenvalue weighted by atomic mass is 16.5. The van der Waals surface area contributed by atoms with Crippen molar-refractivity contribution in [2.24, 2.45) is 0 Å². The number of nitrogens with zero attached hydrogens (tertiary/aromatic N) is 4. The van der Waals surface area contributed by atoms with Crippen LogP contribution in [0.2, 0.25) is 0 Å². The van der Waals surface area contributed by atoms with Crippen molar-refractivity contribution < 1.29 is 14.3 Å². The van der Waals surface area contributed by atoms with E-state index in [1.165, 1.54) is 6.20 Å². The number of anilines is 3. The molecule has 36 heavy (non-hydrogen) atoms. The summed E-state index contributed by atoms with van der Waals surface area (Å²) < 4.78 is 14.3. The summed E-state index contributed by atoms with van der Waals surface area (Å²) in [5.41, 5.74) is 1.05. The van der Waals surface area contributed by atoms with Gasteiger partial charge in [0.25, 0.3) is 11.5 Å². The van der Waals surface area contributed by atoms with Gasteiger partial charge in [-0.05, 0) is 50.7 Å². The lowest BCUT2D eigenvalue weighted by Crippen LogP contribution is -2.51. The van der Waals surface area contributed by atoms with E-state index >= 15 is 0 Å². The van der Waals surface area contributed by atoms with Gasteiger partial charge in [0, 0.05) is 39.6 Å². The number of ether oxygens (including phenoxy) is 2. The van der Waals surface area contributed by atoms with Gasteiger partial charge in [0.1, 0.15) is 22.9 Å². The van der Waals surface area contributed by atoms with Crippen molar-refractivity contribution in [3.05, 3.63) is 46.5 Å². The minimum atomic E-state index is -0.254. The Morgan fingerprint density at radius 1 is 1.17 bits per heavy atom. The Balaban J connectivity index is 1.43. The Bertz CT molecular complexity index is 1300. The Morgan fingerprint density at radius 2 is 2.03 bits per heavy atom. The van der Waals surface area contributed by atoms with Gasteiger partial charge in [0.05, 0.1) is 24.4 Å². The molecule has 4 atom stereocenters. The second kappa shape index (κ2) is 10.3. The van der Waals surface area contributed by atoms with Crippen molar-refractivity contribution in [2.75, 3.05) is 31.9 Å². The van der Waals surface area contributed by atoms with Crippen LogP contribution in [0.3, 0.4) is 0 Å². The number of hydrogen-bond donors (Lipinski definition) is 3. The highest BCUT2D eigenvalue weighted by Crippen LogP contribution is 2.29. The molecule has 5 rings (SSSR count). The van der Waals surface area contributed by atoms with E-state index in [2.05, 4.69) is 26.0 Å². The zero-order valence-electron chi connectivity index (χ0n) is 20.9. The van der Waals surface area contributed by atoms with E-state index in [4.69, 9.17) is 9.47 Å². The predicted octanol–water partition coefficient (Wildman–Crippen LogP) is 2.71. The van der Waals surface area contributed by atoms with E-state index in [-0.39, 0.29) is 35.8 Å². The Hall–Kier alpha value is -3.44. The molecular weight excluding hydrogens is 462 g/mol. The molecule has 3 aromatic rings. The largest absolute Gasteiger partial charge is 0.381 e. The summed E-state index contributed by atoms with van der Waals surface area (Å²) in [4.78, 5) is 31.0.